The van der Waals surface area contributed by atoms with Crippen molar-refractivity contribution >= 4 is 40.9 Å². The van der Waals surface area contributed by atoms with E-state index in [2.05, 4.69) is 46.5 Å². The zero-order valence-corrected chi connectivity index (χ0v) is 27.9. The maximum absolute atomic E-state index is 13.0. The van der Waals surface area contributed by atoms with Crippen molar-refractivity contribution in [3.05, 3.63) is 84.1 Å². The number of piperidine rings is 1. The van der Waals surface area contributed by atoms with Gasteiger partial charge < -0.3 is 30.3 Å². The van der Waals surface area contributed by atoms with Crippen LogP contribution in [0, 0.1) is 0 Å². The molecule has 1 saturated heterocycles. The van der Waals surface area contributed by atoms with E-state index in [4.69, 9.17) is 14.5 Å². The minimum absolute atomic E-state index is 0.162. The Bertz CT molecular complexity index is 1810. The van der Waals surface area contributed by atoms with Gasteiger partial charge in [-0.1, -0.05) is 38.6 Å². The van der Waals surface area contributed by atoms with Crippen LogP contribution in [-0.2, 0) is 16.1 Å². The van der Waals surface area contributed by atoms with Crippen molar-refractivity contribution in [1.82, 2.24) is 24.5 Å². The molecule has 0 radical (unpaired) electrons. The lowest BCUT2D eigenvalue weighted by molar-refractivity contribution is -0.111. The van der Waals surface area contributed by atoms with Crippen molar-refractivity contribution in [2.75, 3.05) is 29.0 Å². The lowest BCUT2D eigenvalue weighted by Gasteiger charge is -2.33. The topological polar surface area (TPSA) is 152 Å². The van der Waals surface area contributed by atoms with Crippen molar-refractivity contribution in [1.29, 1.82) is 0 Å². The van der Waals surface area contributed by atoms with Gasteiger partial charge in [0.2, 0.25) is 11.9 Å². The maximum Gasteiger partial charge on any atom is 0.410 e. The minimum Gasteiger partial charge on any atom is -0.458 e. The Morgan fingerprint density at radius 1 is 1.06 bits per heavy atom. The molecule has 3 heterocycles. The Hall–Kier alpha value is -5.46. The second-order valence-electron chi connectivity index (χ2n) is 12.9. The fourth-order valence-electron chi connectivity index (χ4n) is 5.20. The Morgan fingerprint density at radius 2 is 1.81 bits per heavy atom. The largest absolute Gasteiger partial charge is 0.458 e. The van der Waals surface area contributed by atoms with E-state index in [-0.39, 0.29) is 35.9 Å². The molecule has 3 N–H and O–H groups in total. The lowest BCUT2D eigenvalue weighted by Crippen LogP contribution is -2.46. The van der Waals surface area contributed by atoms with Crippen molar-refractivity contribution in [2.24, 2.45) is 0 Å². The van der Waals surface area contributed by atoms with E-state index in [1.165, 1.54) is 6.08 Å². The highest BCUT2D eigenvalue weighted by atomic mass is 16.6. The normalized spacial score (nSPS) is 14.8. The van der Waals surface area contributed by atoms with Crippen molar-refractivity contribution in [3.63, 3.8) is 0 Å². The molecular weight excluding hydrogens is 612 g/mol. The summed E-state index contributed by atoms with van der Waals surface area (Å²) in [6.07, 6.45) is 3.80. The molecule has 1 atom stereocenters. The molecule has 1 aliphatic heterocycles. The molecule has 2 aromatic heterocycles. The number of anilines is 3. The molecule has 1 aliphatic rings. The SMILES string of the molecule is C=CC(=O)Nc1cccc(C(=O)Nc2cccc(CNc3nc(O[C@@H]4CCCN(C(=O)OC(C)(C)C)C4)nc4c(C(C)C)cnn34)c2)c1. The third kappa shape index (κ3) is 8.66. The van der Waals surface area contributed by atoms with Crippen molar-refractivity contribution in [2.45, 2.75) is 71.6 Å². The van der Waals surface area contributed by atoms with Gasteiger partial charge in [0, 0.05) is 35.6 Å². The van der Waals surface area contributed by atoms with Crippen LogP contribution >= 0.6 is 0 Å². The number of carbonyl (C=O) groups excluding carboxylic acids is 3. The number of hydrogen-bond acceptors (Lipinski definition) is 9. The Kier molecular flexibility index (Phi) is 10.3. The van der Waals surface area contributed by atoms with Gasteiger partial charge in [0.05, 0.1) is 12.7 Å². The Balaban J connectivity index is 1.30. The summed E-state index contributed by atoms with van der Waals surface area (Å²) in [7, 11) is 0. The highest BCUT2D eigenvalue weighted by molar-refractivity contribution is 6.06. The van der Waals surface area contributed by atoms with Crippen LogP contribution < -0.4 is 20.7 Å². The molecule has 2 aromatic carbocycles. The van der Waals surface area contributed by atoms with Crippen LogP contribution in [0.3, 0.4) is 0 Å². The van der Waals surface area contributed by atoms with E-state index < -0.39 is 5.60 Å². The van der Waals surface area contributed by atoms with Gasteiger partial charge in [-0.05, 0) is 81.5 Å². The van der Waals surface area contributed by atoms with E-state index in [0.29, 0.717) is 48.2 Å². The molecule has 0 unspecified atom stereocenters. The molecule has 252 valence electrons. The van der Waals surface area contributed by atoms with Crippen LogP contribution in [0.1, 0.15) is 74.9 Å². The molecule has 13 heteroatoms. The number of ether oxygens (including phenoxy) is 2. The van der Waals surface area contributed by atoms with Gasteiger partial charge >= 0.3 is 12.1 Å². The maximum atomic E-state index is 13.0. The van der Waals surface area contributed by atoms with E-state index in [9.17, 15) is 14.4 Å². The van der Waals surface area contributed by atoms with Crippen LogP contribution in [0.15, 0.2) is 67.4 Å². The van der Waals surface area contributed by atoms with Crippen LogP contribution in [0.25, 0.3) is 5.65 Å². The predicted molar refractivity (Wildman–Crippen MR) is 183 cm³/mol. The zero-order valence-electron chi connectivity index (χ0n) is 27.9. The van der Waals surface area contributed by atoms with Gasteiger partial charge in [-0.25, -0.2) is 4.79 Å². The summed E-state index contributed by atoms with van der Waals surface area (Å²) in [4.78, 5) is 48.4. The second-order valence-corrected chi connectivity index (χ2v) is 12.9. The first-order chi connectivity index (χ1) is 22.9. The molecule has 0 spiro atoms. The van der Waals surface area contributed by atoms with Crippen LogP contribution in [0.4, 0.5) is 22.1 Å². The number of rotatable bonds is 10. The van der Waals surface area contributed by atoms with Gasteiger partial charge in [-0.2, -0.15) is 19.6 Å². The quantitative estimate of drug-likeness (QED) is 0.175. The predicted octanol–water partition coefficient (Wildman–Crippen LogP) is 6.01. The third-order valence-corrected chi connectivity index (χ3v) is 7.51. The van der Waals surface area contributed by atoms with Crippen molar-refractivity contribution in [3.8, 4) is 6.01 Å². The number of nitrogens with zero attached hydrogens (tertiary/aromatic N) is 5. The average Bonchev–Trinajstić information content (AvgIpc) is 3.48. The number of hydrogen-bond donors (Lipinski definition) is 3. The number of benzene rings is 2. The number of nitrogens with one attached hydrogen (secondary N) is 3. The molecule has 0 saturated carbocycles. The second kappa shape index (κ2) is 14.5. The van der Waals surface area contributed by atoms with E-state index >= 15 is 0 Å². The number of fused-ring (bicyclic) bond motifs is 1. The summed E-state index contributed by atoms with van der Waals surface area (Å²) >= 11 is 0. The first kappa shape index (κ1) is 33.9. The summed E-state index contributed by atoms with van der Waals surface area (Å²) in [5.74, 6) is -0.0780. The first-order valence-electron chi connectivity index (χ1n) is 16.0. The summed E-state index contributed by atoms with van der Waals surface area (Å²) < 4.78 is 13.5. The molecule has 5 rings (SSSR count). The molecule has 13 nitrogen and oxygen atoms in total. The number of aromatic nitrogens is 4. The molecule has 48 heavy (non-hydrogen) atoms. The Morgan fingerprint density at radius 3 is 2.54 bits per heavy atom. The minimum atomic E-state index is -0.586. The third-order valence-electron chi connectivity index (χ3n) is 7.51. The molecular formula is C35H42N8O5. The Labute approximate surface area is 279 Å². The monoisotopic (exact) mass is 654 g/mol. The smallest absolute Gasteiger partial charge is 0.410 e. The lowest BCUT2D eigenvalue weighted by atomic mass is 10.1. The average molecular weight is 655 g/mol. The fraction of sp³-hybridized carbons (Fsp3) is 0.371. The summed E-state index contributed by atoms with van der Waals surface area (Å²) in [5.41, 5.74) is 3.36. The number of amides is 3. The van der Waals surface area contributed by atoms with Gasteiger partial charge in [0.1, 0.15) is 11.7 Å². The molecule has 1 fully saturated rings. The summed E-state index contributed by atoms with van der Waals surface area (Å²) in [6, 6.07) is 14.3. The number of carbonyl (C=O) groups is 3. The van der Waals surface area contributed by atoms with Crippen molar-refractivity contribution < 1.29 is 23.9 Å². The molecule has 4 aromatic rings. The van der Waals surface area contributed by atoms with E-state index in [1.54, 1.807) is 45.9 Å². The van der Waals surface area contributed by atoms with Gasteiger partial charge in [-0.3, -0.25) is 9.59 Å². The van der Waals surface area contributed by atoms with Crippen LogP contribution in [0.5, 0.6) is 6.01 Å². The van der Waals surface area contributed by atoms with Gasteiger partial charge in [-0.15, -0.1) is 0 Å². The van der Waals surface area contributed by atoms with Gasteiger partial charge in [0.25, 0.3) is 5.91 Å². The van der Waals surface area contributed by atoms with Crippen LogP contribution in [0.2, 0.25) is 0 Å². The fourth-order valence-corrected chi connectivity index (χ4v) is 5.20. The standard InChI is InChI=1S/C35H42N8O5/c1-7-29(44)38-26-14-9-12-24(18-26)31(45)39-25-13-8-11-23(17-25)19-36-32-41-33(40-30-28(22(2)3)20-37-43(30)32)47-27-15-10-16-42(21-27)34(46)48-35(4,5)6/h7-9,11-14,17-18,20,22,27H,1,10,15-16,19,21H2,2-6H3,(H,38,44)(H,39,45)(H,36,40,41)/t27-/m1/s1. The first-order valence-corrected chi connectivity index (χ1v) is 16.0. The zero-order chi connectivity index (χ0) is 34.4. The number of likely N-dealkylation sites (tertiary alicyclic amines) is 1. The molecule has 0 bridgehead atoms. The molecule has 0 aliphatic carbocycles. The van der Waals surface area contributed by atoms with Gasteiger partial charge in [0.15, 0.2) is 5.65 Å². The highest BCUT2D eigenvalue weighted by Crippen LogP contribution is 2.25. The molecule has 3 amide bonds. The van der Waals surface area contributed by atoms with E-state index in [0.717, 1.165) is 24.0 Å². The van der Waals surface area contributed by atoms with E-state index in [1.807, 2.05) is 39.0 Å². The summed E-state index contributed by atoms with van der Waals surface area (Å²) in [6.45, 7) is 14.5. The highest BCUT2D eigenvalue weighted by Gasteiger charge is 2.29. The van der Waals surface area contributed by atoms with Crippen LogP contribution in [-0.4, -0.2) is 67.2 Å². The summed E-state index contributed by atoms with van der Waals surface area (Å²) in [5, 5.41) is 13.5.